The molecule has 0 saturated carbocycles. The first-order chi connectivity index (χ1) is 9.54. The van der Waals surface area contributed by atoms with Gasteiger partial charge in [-0.3, -0.25) is 0 Å². The highest BCUT2D eigenvalue weighted by Gasteiger charge is 2.22. The molecule has 0 aliphatic rings. The third-order valence-electron chi connectivity index (χ3n) is 2.77. The summed E-state index contributed by atoms with van der Waals surface area (Å²) < 4.78 is 11.8. The summed E-state index contributed by atoms with van der Waals surface area (Å²) in [6.07, 6.45) is -0.110. The van der Waals surface area contributed by atoms with Crippen LogP contribution in [0.4, 0.5) is 5.82 Å². The molecule has 6 heteroatoms. The van der Waals surface area contributed by atoms with E-state index in [0.29, 0.717) is 25.0 Å². The zero-order chi connectivity index (χ0) is 15.1. The van der Waals surface area contributed by atoms with Crippen molar-refractivity contribution in [3.63, 3.8) is 0 Å². The maximum Gasteiger partial charge on any atom is 0.160 e. The van der Waals surface area contributed by atoms with E-state index in [1.807, 2.05) is 13.8 Å². The first-order valence-electron chi connectivity index (χ1n) is 6.95. The second-order valence-electron chi connectivity index (χ2n) is 4.77. The average molecular weight is 346 g/mol. The van der Waals surface area contributed by atoms with Gasteiger partial charge in [0.25, 0.3) is 0 Å². The Morgan fingerprint density at radius 2 is 1.95 bits per heavy atom. The molecule has 1 aromatic heterocycles. The topological polar surface area (TPSA) is 56.3 Å². The van der Waals surface area contributed by atoms with E-state index < -0.39 is 0 Å². The maximum atomic E-state index is 5.79. The molecule has 0 bridgehead atoms. The first kappa shape index (κ1) is 17.3. The van der Waals surface area contributed by atoms with Crippen LogP contribution in [0.1, 0.15) is 45.3 Å². The van der Waals surface area contributed by atoms with Crippen LogP contribution in [0.25, 0.3) is 0 Å². The van der Waals surface area contributed by atoms with E-state index >= 15 is 0 Å². The van der Waals surface area contributed by atoms with Crippen molar-refractivity contribution in [2.75, 3.05) is 25.6 Å². The molecule has 1 rings (SSSR count). The molecule has 0 saturated heterocycles. The smallest absolute Gasteiger partial charge is 0.160 e. The predicted molar refractivity (Wildman–Crippen MR) is 83.8 cm³/mol. The Morgan fingerprint density at radius 3 is 2.45 bits per heavy atom. The fourth-order valence-electron chi connectivity index (χ4n) is 1.90. The summed E-state index contributed by atoms with van der Waals surface area (Å²) in [4.78, 5) is 9.19. The number of aromatic nitrogens is 2. The minimum Gasteiger partial charge on any atom is -0.378 e. The summed E-state index contributed by atoms with van der Waals surface area (Å²) in [7, 11) is 1.66. The van der Waals surface area contributed by atoms with Crippen molar-refractivity contribution in [3.8, 4) is 0 Å². The SMILES string of the molecule is CCNc1nc(C(OCC)C(C)C)nc(COC)c1Br. The Hall–Kier alpha value is -0.720. The van der Waals surface area contributed by atoms with Gasteiger partial charge in [0.2, 0.25) is 0 Å². The van der Waals surface area contributed by atoms with E-state index in [4.69, 9.17) is 9.47 Å². The van der Waals surface area contributed by atoms with Crippen LogP contribution in [0.3, 0.4) is 0 Å². The molecular weight excluding hydrogens is 322 g/mol. The number of hydrogen-bond acceptors (Lipinski definition) is 5. The number of rotatable bonds is 8. The lowest BCUT2D eigenvalue weighted by Gasteiger charge is -2.21. The van der Waals surface area contributed by atoms with Gasteiger partial charge in [-0.25, -0.2) is 9.97 Å². The highest BCUT2D eigenvalue weighted by molar-refractivity contribution is 9.10. The standard InChI is InChI=1S/C14H24BrN3O2/c1-6-16-13-11(15)10(8-19-5)17-14(18-13)12(9(3)4)20-7-2/h9,12H,6-8H2,1-5H3,(H,16,17,18). The second kappa shape index (κ2) is 8.54. The minimum atomic E-state index is -0.110. The van der Waals surface area contributed by atoms with Crippen LogP contribution in [0, 0.1) is 5.92 Å². The van der Waals surface area contributed by atoms with E-state index in [1.165, 1.54) is 0 Å². The molecule has 0 fully saturated rings. The Labute approximate surface area is 129 Å². The number of ether oxygens (including phenoxy) is 2. The normalized spacial score (nSPS) is 12.8. The van der Waals surface area contributed by atoms with Crippen molar-refractivity contribution < 1.29 is 9.47 Å². The molecule has 0 aromatic carbocycles. The second-order valence-corrected chi connectivity index (χ2v) is 5.57. The van der Waals surface area contributed by atoms with Crippen LogP contribution in [0.5, 0.6) is 0 Å². The molecular formula is C14H24BrN3O2. The monoisotopic (exact) mass is 345 g/mol. The van der Waals surface area contributed by atoms with Crippen LogP contribution >= 0.6 is 15.9 Å². The summed E-state index contributed by atoms with van der Waals surface area (Å²) in [6.45, 7) is 10.1. The van der Waals surface area contributed by atoms with Crippen molar-refractivity contribution in [2.45, 2.75) is 40.4 Å². The Morgan fingerprint density at radius 1 is 1.25 bits per heavy atom. The van der Waals surface area contributed by atoms with Gasteiger partial charge in [-0.15, -0.1) is 0 Å². The van der Waals surface area contributed by atoms with Gasteiger partial charge < -0.3 is 14.8 Å². The molecule has 1 atom stereocenters. The van der Waals surface area contributed by atoms with Crippen LogP contribution < -0.4 is 5.32 Å². The van der Waals surface area contributed by atoms with E-state index in [2.05, 4.69) is 45.1 Å². The van der Waals surface area contributed by atoms with Crippen molar-refractivity contribution in [3.05, 3.63) is 16.0 Å². The Bertz CT molecular complexity index is 400. The lowest BCUT2D eigenvalue weighted by molar-refractivity contribution is 0.0228. The molecule has 1 N–H and O–H groups in total. The molecule has 5 nitrogen and oxygen atoms in total. The van der Waals surface area contributed by atoms with Crippen molar-refractivity contribution in [1.29, 1.82) is 0 Å². The lowest BCUT2D eigenvalue weighted by atomic mass is 10.1. The fraction of sp³-hybridized carbons (Fsp3) is 0.714. The predicted octanol–water partition coefficient (Wildman–Crippen LogP) is 3.55. The number of halogens is 1. The van der Waals surface area contributed by atoms with Crippen LogP contribution in [0.2, 0.25) is 0 Å². The highest BCUT2D eigenvalue weighted by Crippen LogP contribution is 2.29. The minimum absolute atomic E-state index is 0.110. The molecule has 114 valence electrons. The number of hydrogen-bond donors (Lipinski definition) is 1. The molecule has 0 aliphatic carbocycles. The summed E-state index contributed by atoms with van der Waals surface area (Å²) in [6, 6.07) is 0. The molecule has 20 heavy (non-hydrogen) atoms. The van der Waals surface area contributed by atoms with E-state index in [9.17, 15) is 0 Å². The van der Waals surface area contributed by atoms with Crippen LogP contribution in [-0.4, -0.2) is 30.2 Å². The van der Waals surface area contributed by atoms with Crippen molar-refractivity contribution >= 4 is 21.7 Å². The zero-order valence-corrected chi connectivity index (χ0v) is 14.5. The van der Waals surface area contributed by atoms with E-state index in [-0.39, 0.29) is 6.10 Å². The van der Waals surface area contributed by atoms with Crippen molar-refractivity contribution in [1.82, 2.24) is 9.97 Å². The van der Waals surface area contributed by atoms with Gasteiger partial charge in [0.05, 0.1) is 16.8 Å². The highest BCUT2D eigenvalue weighted by atomic mass is 79.9. The third kappa shape index (κ3) is 4.40. The summed E-state index contributed by atoms with van der Waals surface area (Å²) in [5.41, 5.74) is 0.832. The summed E-state index contributed by atoms with van der Waals surface area (Å²) in [5, 5.41) is 3.24. The number of methoxy groups -OCH3 is 1. The van der Waals surface area contributed by atoms with Gasteiger partial charge >= 0.3 is 0 Å². The fourth-order valence-corrected chi connectivity index (χ4v) is 2.33. The molecule has 1 unspecified atom stereocenters. The number of nitrogens with one attached hydrogen (secondary N) is 1. The average Bonchev–Trinajstić information content (AvgIpc) is 2.40. The maximum absolute atomic E-state index is 5.79. The molecule has 0 spiro atoms. The molecule has 0 amide bonds. The van der Waals surface area contributed by atoms with Gasteiger partial charge in [-0.05, 0) is 35.7 Å². The van der Waals surface area contributed by atoms with E-state index in [1.54, 1.807) is 7.11 Å². The van der Waals surface area contributed by atoms with Gasteiger partial charge in [0.15, 0.2) is 5.82 Å². The van der Waals surface area contributed by atoms with Crippen LogP contribution in [-0.2, 0) is 16.1 Å². The quantitative estimate of drug-likeness (QED) is 0.780. The van der Waals surface area contributed by atoms with Gasteiger partial charge in [0.1, 0.15) is 11.9 Å². The van der Waals surface area contributed by atoms with E-state index in [0.717, 1.165) is 22.5 Å². The Balaban J connectivity index is 3.23. The van der Waals surface area contributed by atoms with Crippen molar-refractivity contribution in [2.24, 2.45) is 5.92 Å². The number of nitrogens with zero attached hydrogens (tertiary/aromatic N) is 2. The Kier molecular flexibility index (Phi) is 7.40. The van der Waals surface area contributed by atoms with Gasteiger partial charge in [0, 0.05) is 20.3 Å². The van der Waals surface area contributed by atoms with Crippen LogP contribution in [0.15, 0.2) is 4.47 Å². The lowest BCUT2D eigenvalue weighted by Crippen LogP contribution is -2.17. The first-order valence-corrected chi connectivity index (χ1v) is 7.75. The molecule has 0 aliphatic heterocycles. The van der Waals surface area contributed by atoms with Gasteiger partial charge in [-0.2, -0.15) is 0 Å². The van der Waals surface area contributed by atoms with Gasteiger partial charge in [-0.1, -0.05) is 13.8 Å². The molecule has 1 aromatic rings. The molecule has 1 heterocycles. The largest absolute Gasteiger partial charge is 0.378 e. The zero-order valence-electron chi connectivity index (χ0n) is 12.9. The summed E-state index contributed by atoms with van der Waals surface area (Å²) >= 11 is 3.53. The molecule has 0 radical (unpaired) electrons. The number of anilines is 1. The summed E-state index contributed by atoms with van der Waals surface area (Å²) in [5.74, 6) is 1.80. The third-order valence-corrected chi connectivity index (χ3v) is 3.60.